The van der Waals surface area contributed by atoms with Gasteiger partial charge in [0.15, 0.2) is 0 Å². The Kier molecular flexibility index (Phi) is 9.84. The first-order valence-electron chi connectivity index (χ1n) is 9.65. The molecular formula is C23H30Cl2N2O4. The fourth-order valence-corrected chi connectivity index (χ4v) is 3.51. The summed E-state index contributed by atoms with van der Waals surface area (Å²) in [6.45, 7) is 3.05. The molecule has 3 rings (SSSR count). The van der Waals surface area contributed by atoms with E-state index in [0.717, 1.165) is 11.1 Å². The quantitative estimate of drug-likeness (QED) is 0.494. The Morgan fingerprint density at radius 1 is 1.03 bits per heavy atom. The fourth-order valence-electron chi connectivity index (χ4n) is 3.51. The van der Waals surface area contributed by atoms with E-state index in [4.69, 9.17) is 9.15 Å². The number of furan rings is 1. The number of hydrogen-bond donors (Lipinski definition) is 1. The van der Waals surface area contributed by atoms with Crippen LogP contribution in [0, 0.1) is 0 Å². The zero-order valence-corrected chi connectivity index (χ0v) is 20.1. The SMILES string of the molecule is CCOC(=O)c1c(-c2ccccc2)oc2cc(CN(C)C)c(O)c(CN(C)C)c12.Cl.Cl. The van der Waals surface area contributed by atoms with E-state index in [2.05, 4.69) is 0 Å². The highest BCUT2D eigenvalue weighted by Crippen LogP contribution is 2.41. The van der Waals surface area contributed by atoms with E-state index < -0.39 is 5.97 Å². The lowest BCUT2D eigenvalue weighted by molar-refractivity contribution is 0.0528. The second-order valence-electron chi connectivity index (χ2n) is 7.60. The van der Waals surface area contributed by atoms with Crippen LogP contribution in [0.3, 0.4) is 0 Å². The molecule has 0 aliphatic rings. The van der Waals surface area contributed by atoms with Crippen LogP contribution in [-0.2, 0) is 17.8 Å². The molecular weight excluding hydrogens is 439 g/mol. The Hall–Kier alpha value is -2.25. The topological polar surface area (TPSA) is 66.1 Å². The highest BCUT2D eigenvalue weighted by molar-refractivity contribution is 6.10. The van der Waals surface area contributed by atoms with Gasteiger partial charge in [-0.15, -0.1) is 24.8 Å². The minimum Gasteiger partial charge on any atom is -0.507 e. The van der Waals surface area contributed by atoms with E-state index >= 15 is 0 Å². The molecule has 0 saturated heterocycles. The normalized spacial score (nSPS) is 10.8. The van der Waals surface area contributed by atoms with Crippen molar-refractivity contribution < 1.29 is 19.1 Å². The molecule has 6 nitrogen and oxygen atoms in total. The van der Waals surface area contributed by atoms with Gasteiger partial charge in [-0.05, 0) is 41.2 Å². The van der Waals surface area contributed by atoms with Crippen molar-refractivity contribution in [2.75, 3.05) is 34.8 Å². The van der Waals surface area contributed by atoms with Gasteiger partial charge >= 0.3 is 5.97 Å². The minimum atomic E-state index is -0.454. The maximum atomic E-state index is 12.9. The lowest BCUT2D eigenvalue weighted by Gasteiger charge is -2.17. The van der Waals surface area contributed by atoms with Crippen molar-refractivity contribution >= 4 is 41.8 Å². The largest absolute Gasteiger partial charge is 0.507 e. The van der Waals surface area contributed by atoms with Crippen LogP contribution in [0.25, 0.3) is 22.3 Å². The number of nitrogens with zero attached hydrogens (tertiary/aromatic N) is 2. The van der Waals surface area contributed by atoms with Gasteiger partial charge in [0.1, 0.15) is 22.7 Å². The van der Waals surface area contributed by atoms with Gasteiger partial charge in [0.25, 0.3) is 0 Å². The number of carbonyl (C=O) groups is 1. The van der Waals surface area contributed by atoms with Gasteiger partial charge in [0.2, 0.25) is 0 Å². The summed E-state index contributed by atoms with van der Waals surface area (Å²) in [5.41, 5.74) is 3.13. The van der Waals surface area contributed by atoms with E-state index in [0.29, 0.717) is 40.9 Å². The van der Waals surface area contributed by atoms with Crippen molar-refractivity contribution in [3.63, 3.8) is 0 Å². The summed E-state index contributed by atoms with van der Waals surface area (Å²) in [6.07, 6.45) is 0. The smallest absolute Gasteiger partial charge is 0.342 e. The Bertz CT molecular complexity index is 1020. The first kappa shape index (κ1) is 26.8. The lowest BCUT2D eigenvalue weighted by Crippen LogP contribution is -2.15. The van der Waals surface area contributed by atoms with Crippen molar-refractivity contribution in [3.8, 4) is 17.1 Å². The van der Waals surface area contributed by atoms with Crippen molar-refractivity contribution in [2.45, 2.75) is 20.0 Å². The van der Waals surface area contributed by atoms with Gasteiger partial charge in [-0.1, -0.05) is 30.3 Å². The van der Waals surface area contributed by atoms with Crippen LogP contribution in [0.2, 0.25) is 0 Å². The first-order chi connectivity index (χ1) is 13.8. The highest BCUT2D eigenvalue weighted by Gasteiger charge is 2.28. The average molecular weight is 469 g/mol. The summed E-state index contributed by atoms with van der Waals surface area (Å²) in [4.78, 5) is 16.9. The summed E-state index contributed by atoms with van der Waals surface area (Å²) in [6, 6.07) is 11.3. The van der Waals surface area contributed by atoms with Gasteiger partial charge < -0.3 is 24.1 Å². The zero-order chi connectivity index (χ0) is 21.1. The molecule has 0 atom stereocenters. The van der Waals surface area contributed by atoms with Crippen LogP contribution in [-0.4, -0.2) is 55.7 Å². The minimum absolute atomic E-state index is 0. The molecule has 3 aromatic rings. The summed E-state index contributed by atoms with van der Waals surface area (Å²) in [7, 11) is 7.73. The number of aromatic hydroxyl groups is 1. The van der Waals surface area contributed by atoms with Gasteiger partial charge in [-0.3, -0.25) is 0 Å². The van der Waals surface area contributed by atoms with Crippen LogP contribution in [0.15, 0.2) is 40.8 Å². The first-order valence-corrected chi connectivity index (χ1v) is 9.65. The van der Waals surface area contributed by atoms with E-state index in [1.54, 1.807) is 6.92 Å². The van der Waals surface area contributed by atoms with Gasteiger partial charge in [-0.2, -0.15) is 0 Å². The van der Waals surface area contributed by atoms with Gasteiger partial charge in [0.05, 0.1) is 6.61 Å². The van der Waals surface area contributed by atoms with Crippen LogP contribution < -0.4 is 0 Å². The molecule has 1 heterocycles. The molecule has 0 radical (unpaired) electrons. The number of phenols is 1. The molecule has 31 heavy (non-hydrogen) atoms. The van der Waals surface area contributed by atoms with Crippen molar-refractivity contribution in [1.82, 2.24) is 9.80 Å². The number of esters is 1. The molecule has 0 saturated carbocycles. The van der Waals surface area contributed by atoms with Gasteiger partial charge in [-0.25, -0.2) is 4.79 Å². The maximum Gasteiger partial charge on any atom is 0.342 e. The van der Waals surface area contributed by atoms with E-state index in [1.807, 2.05) is 74.4 Å². The third-order valence-corrected chi connectivity index (χ3v) is 4.61. The zero-order valence-electron chi connectivity index (χ0n) is 18.5. The van der Waals surface area contributed by atoms with Crippen LogP contribution in [0.5, 0.6) is 5.75 Å². The van der Waals surface area contributed by atoms with E-state index in [1.165, 1.54) is 0 Å². The number of benzene rings is 2. The predicted molar refractivity (Wildman–Crippen MR) is 129 cm³/mol. The number of carbonyl (C=O) groups excluding carboxylic acids is 1. The summed E-state index contributed by atoms with van der Waals surface area (Å²) in [5.74, 6) is 0.191. The van der Waals surface area contributed by atoms with E-state index in [9.17, 15) is 9.90 Å². The van der Waals surface area contributed by atoms with Crippen molar-refractivity contribution in [3.05, 3.63) is 53.1 Å². The number of rotatable bonds is 7. The Morgan fingerprint density at radius 3 is 2.19 bits per heavy atom. The molecule has 0 bridgehead atoms. The maximum absolute atomic E-state index is 12.9. The van der Waals surface area contributed by atoms with Crippen LogP contribution >= 0.6 is 24.8 Å². The van der Waals surface area contributed by atoms with Gasteiger partial charge in [0, 0.05) is 35.2 Å². The average Bonchev–Trinajstić information content (AvgIpc) is 3.04. The van der Waals surface area contributed by atoms with Crippen molar-refractivity contribution in [1.29, 1.82) is 0 Å². The molecule has 0 amide bonds. The third kappa shape index (κ3) is 5.71. The molecule has 0 unspecified atom stereocenters. The number of ether oxygens (including phenoxy) is 1. The molecule has 2 aromatic carbocycles. The molecule has 1 aromatic heterocycles. The molecule has 0 fully saturated rings. The number of halogens is 2. The van der Waals surface area contributed by atoms with E-state index in [-0.39, 0.29) is 37.2 Å². The monoisotopic (exact) mass is 468 g/mol. The summed E-state index contributed by atoms with van der Waals surface area (Å²) < 4.78 is 11.6. The number of phenolic OH excluding ortho intramolecular Hbond substituents is 1. The standard InChI is InChI=1S/C23H28N2O4.2ClH/c1-6-28-23(27)20-19-17(14-25(4)5)21(26)16(13-24(2)3)12-18(19)29-22(20)15-10-8-7-9-11-15;;/h7-12,26H,6,13-14H2,1-5H3;2*1H. The Labute approximate surface area is 195 Å². The van der Waals surface area contributed by atoms with Crippen LogP contribution in [0.4, 0.5) is 0 Å². The predicted octanol–water partition coefficient (Wildman–Crippen LogP) is 4.95. The Balaban J connectivity index is 0.00000240. The fraction of sp³-hybridized carbons (Fsp3) is 0.348. The third-order valence-electron chi connectivity index (χ3n) is 4.61. The summed E-state index contributed by atoms with van der Waals surface area (Å²) in [5, 5.41) is 11.7. The van der Waals surface area contributed by atoms with Crippen LogP contribution in [0.1, 0.15) is 28.4 Å². The molecule has 0 aliphatic carbocycles. The summed E-state index contributed by atoms with van der Waals surface area (Å²) >= 11 is 0. The number of fused-ring (bicyclic) bond motifs is 1. The highest BCUT2D eigenvalue weighted by atomic mass is 35.5. The molecule has 8 heteroatoms. The molecule has 1 N–H and O–H groups in total. The lowest BCUT2D eigenvalue weighted by atomic mass is 9.98. The molecule has 170 valence electrons. The molecule has 0 aliphatic heterocycles. The molecule has 0 spiro atoms. The second-order valence-corrected chi connectivity index (χ2v) is 7.60. The Morgan fingerprint density at radius 2 is 1.65 bits per heavy atom. The second kappa shape index (κ2) is 11.4. The number of hydrogen-bond acceptors (Lipinski definition) is 6. The van der Waals surface area contributed by atoms with Crippen molar-refractivity contribution in [2.24, 2.45) is 0 Å².